The van der Waals surface area contributed by atoms with E-state index in [4.69, 9.17) is 4.74 Å². The molecule has 0 aliphatic carbocycles. The predicted molar refractivity (Wildman–Crippen MR) is 106 cm³/mol. The van der Waals surface area contributed by atoms with Gasteiger partial charge in [0.2, 0.25) is 0 Å². The molecule has 8 heteroatoms. The molecule has 0 spiro atoms. The zero-order valence-corrected chi connectivity index (χ0v) is 17.0. The van der Waals surface area contributed by atoms with Crippen LogP contribution in [0.1, 0.15) is 42.9 Å². The number of hydrogen-bond acceptors (Lipinski definition) is 4. The van der Waals surface area contributed by atoms with Crippen LogP contribution in [0.25, 0.3) is 11.1 Å². The standard InChI is InChI=1S/C22H24F3NO4/c1-13(27)8-9-26-12-16-10-17(22(23,24)25)5-6-18(16)19-11-15(14(2)21(28)29)4-7-20(19)30-3/h4-7,10-11,14,26H,8-9,12H2,1-3H3,(H,28,29). The van der Waals surface area contributed by atoms with Gasteiger partial charge in [-0.1, -0.05) is 12.1 Å². The molecular formula is C22H24F3NO4. The summed E-state index contributed by atoms with van der Waals surface area (Å²) in [4.78, 5) is 22.5. The van der Waals surface area contributed by atoms with Crippen molar-refractivity contribution >= 4 is 11.8 Å². The normalized spacial score (nSPS) is 12.5. The second kappa shape index (κ2) is 9.75. The second-order valence-corrected chi connectivity index (χ2v) is 7.02. The molecule has 0 radical (unpaired) electrons. The molecule has 0 aromatic heterocycles. The molecule has 0 heterocycles. The number of aliphatic carboxylic acids is 1. The minimum absolute atomic E-state index is 0.0243. The van der Waals surface area contributed by atoms with Gasteiger partial charge in [0.05, 0.1) is 18.6 Å². The van der Waals surface area contributed by atoms with Crippen molar-refractivity contribution in [3.8, 4) is 16.9 Å². The topological polar surface area (TPSA) is 75.6 Å². The Morgan fingerprint density at radius 2 is 1.83 bits per heavy atom. The molecule has 1 atom stereocenters. The zero-order valence-electron chi connectivity index (χ0n) is 17.0. The third kappa shape index (κ3) is 5.82. The lowest BCUT2D eigenvalue weighted by Gasteiger charge is -2.18. The number of Topliss-reactive ketones (excluding diaryl/α,β-unsaturated/α-hetero) is 1. The zero-order chi connectivity index (χ0) is 22.5. The number of benzene rings is 2. The van der Waals surface area contributed by atoms with Crippen molar-refractivity contribution in [2.75, 3.05) is 13.7 Å². The Kier molecular flexibility index (Phi) is 7.61. The molecule has 0 amide bonds. The summed E-state index contributed by atoms with van der Waals surface area (Å²) in [6.07, 6.45) is -4.24. The first kappa shape index (κ1) is 23.4. The van der Waals surface area contributed by atoms with Crippen LogP contribution in [-0.4, -0.2) is 30.5 Å². The first-order valence-electron chi connectivity index (χ1n) is 9.36. The highest BCUT2D eigenvalue weighted by molar-refractivity contribution is 5.79. The largest absolute Gasteiger partial charge is 0.496 e. The molecule has 0 saturated heterocycles. The maximum atomic E-state index is 13.2. The van der Waals surface area contributed by atoms with E-state index < -0.39 is 23.6 Å². The average molecular weight is 423 g/mol. The van der Waals surface area contributed by atoms with Gasteiger partial charge < -0.3 is 15.2 Å². The Morgan fingerprint density at radius 1 is 1.13 bits per heavy atom. The molecule has 2 rings (SSSR count). The van der Waals surface area contributed by atoms with Crippen LogP contribution in [0.5, 0.6) is 5.75 Å². The fourth-order valence-electron chi connectivity index (χ4n) is 3.01. The minimum atomic E-state index is -4.50. The summed E-state index contributed by atoms with van der Waals surface area (Å²) in [5, 5.41) is 12.3. The summed E-state index contributed by atoms with van der Waals surface area (Å²) >= 11 is 0. The van der Waals surface area contributed by atoms with Crippen molar-refractivity contribution in [1.29, 1.82) is 0 Å². The molecule has 0 bridgehead atoms. The third-order valence-electron chi connectivity index (χ3n) is 4.79. The lowest BCUT2D eigenvalue weighted by atomic mass is 9.92. The van der Waals surface area contributed by atoms with Gasteiger partial charge in [-0.15, -0.1) is 0 Å². The highest BCUT2D eigenvalue weighted by Crippen LogP contribution is 2.38. The van der Waals surface area contributed by atoms with E-state index in [1.165, 1.54) is 27.0 Å². The number of halogens is 3. The second-order valence-electron chi connectivity index (χ2n) is 7.02. The fraction of sp³-hybridized carbons (Fsp3) is 0.364. The van der Waals surface area contributed by atoms with E-state index in [-0.39, 0.29) is 18.7 Å². The summed E-state index contributed by atoms with van der Waals surface area (Å²) in [6.45, 7) is 3.41. The number of carbonyl (C=O) groups excluding carboxylic acids is 1. The van der Waals surface area contributed by atoms with Crippen LogP contribution >= 0.6 is 0 Å². The number of rotatable bonds is 9. The lowest BCUT2D eigenvalue weighted by molar-refractivity contribution is -0.139. The molecule has 1 unspecified atom stereocenters. The van der Waals surface area contributed by atoms with Gasteiger partial charge >= 0.3 is 12.1 Å². The molecule has 0 aliphatic rings. The Bertz CT molecular complexity index is 925. The molecule has 2 N–H and O–H groups in total. The molecule has 0 aliphatic heterocycles. The SMILES string of the molecule is COc1ccc(C(C)C(=O)O)cc1-c1ccc(C(F)(F)F)cc1CNCCC(C)=O. The van der Waals surface area contributed by atoms with E-state index in [2.05, 4.69) is 5.32 Å². The number of carboxylic acid groups (broad SMARTS) is 1. The van der Waals surface area contributed by atoms with Gasteiger partial charge in [-0.2, -0.15) is 13.2 Å². The summed E-state index contributed by atoms with van der Waals surface area (Å²) in [5.74, 6) is -1.41. The van der Waals surface area contributed by atoms with Gasteiger partial charge in [0.15, 0.2) is 0 Å². The van der Waals surface area contributed by atoms with Crippen molar-refractivity contribution in [3.63, 3.8) is 0 Å². The molecule has 2 aromatic carbocycles. The minimum Gasteiger partial charge on any atom is -0.496 e. The predicted octanol–water partition coefficient (Wildman–Crippen LogP) is 4.64. The number of hydrogen-bond donors (Lipinski definition) is 2. The molecular weight excluding hydrogens is 399 g/mol. The summed E-state index contributed by atoms with van der Waals surface area (Å²) in [5.41, 5.74) is 1.08. The van der Waals surface area contributed by atoms with E-state index in [0.29, 0.717) is 34.5 Å². The highest BCUT2D eigenvalue weighted by atomic mass is 19.4. The van der Waals surface area contributed by atoms with Gasteiger partial charge in [0.1, 0.15) is 11.5 Å². The van der Waals surface area contributed by atoms with Gasteiger partial charge in [-0.25, -0.2) is 0 Å². The summed E-state index contributed by atoms with van der Waals surface area (Å²) < 4.78 is 45.1. The third-order valence-corrected chi connectivity index (χ3v) is 4.79. The lowest BCUT2D eigenvalue weighted by Crippen LogP contribution is -2.18. The molecule has 5 nitrogen and oxygen atoms in total. The Balaban J connectivity index is 2.54. The van der Waals surface area contributed by atoms with Gasteiger partial charge in [0.25, 0.3) is 0 Å². The Hall–Kier alpha value is -2.87. The quantitative estimate of drug-likeness (QED) is 0.575. The molecule has 162 valence electrons. The van der Waals surface area contributed by atoms with Gasteiger partial charge in [0, 0.05) is 25.1 Å². The van der Waals surface area contributed by atoms with Crippen molar-refractivity contribution in [2.45, 2.75) is 38.9 Å². The highest BCUT2D eigenvalue weighted by Gasteiger charge is 2.31. The smallest absolute Gasteiger partial charge is 0.416 e. The number of carbonyl (C=O) groups is 2. The maximum Gasteiger partial charge on any atom is 0.416 e. The number of nitrogens with one attached hydrogen (secondary N) is 1. The van der Waals surface area contributed by atoms with Gasteiger partial charge in [-0.3, -0.25) is 9.59 Å². The van der Waals surface area contributed by atoms with Crippen LogP contribution in [0, 0.1) is 0 Å². The monoisotopic (exact) mass is 423 g/mol. The average Bonchev–Trinajstić information content (AvgIpc) is 2.69. The van der Waals surface area contributed by atoms with E-state index in [9.17, 15) is 27.9 Å². The fourth-order valence-corrected chi connectivity index (χ4v) is 3.01. The van der Waals surface area contributed by atoms with Crippen molar-refractivity contribution < 1.29 is 32.6 Å². The van der Waals surface area contributed by atoms with E-state index in [0.717, 1.165) is 12.1 Å². The van der Waals surface area contributed by atoms with Crippen LogP contribution in [0.4, 0.5) is 13.2 Å². The summed E-state index contributed by atoms with van der Waals surface area (Å²) in [6, 6.07) is 8.26. The number of methoxy groups -OCH3 is 1. The van der Waals surface area contributed by atoms with Crippen LogP contribution < -0.4 is 10.1 Å². The Labute approximate surface area is 172 Å². The van der Waals surface area contributed by atoms with Crippen LogP contribution in [-0.2, 0) is 22.3 Å². The van der Waals surface area contributed by atoms with Crippen molar-refractivity contribution in [3.05, 3.63) is 53.1 Å². The molecule has 0 saturated carbocycles. The number of alkyl halides is 3. The molecule has 0 fully saturated rings. The van der Waals surface area contributed by atoms with E-state index in [1.54, 1.807) is 18.2 Å². The summed E-state index contributed by atoms with van der Waals surface area (Å²) in [7, 11) is 1.44. The van der Waals surface area contributed by atoms with Crippen molar-refractivity contribution in [1.82, 2.24) is 5.32 Å². The number of ketones is 1. The number of ether oxygens (including phenoxy) is 1. The van der Waals surface area contributed by atoms with E-state index >= 15 is 0 Å². The first-order valence-corrected chi connectivity index (χ1v) is 9.36. The first-order chi connectivity index (χ1) is 14.0. The van der Waals surface area contributed by atoms with Crippen LogP contribution in [0.2, 0.25) is 0 Å². The van der Waals surface area contributed by atoms with Crippen molar-refractivity contribution in [2.24, 2.45) is 0 Å². The Morgan fingerprint density at radius 3 is 2.40 bits per heavy atom. The van der Waals surface area contributed by atoms with Crippen LogP contribution in [0.3, 0.4) is 0 Å². The van der Waals surface area contributed by atoms with E-state index in [1.807, 2.05) is 0 Å². The van der Waals surface area contributed by atoms with Crippen LogP contribution in [0.15, 0.2) is 36.4 Å². The maximum absolute atomic E-state index is 13.2. The number of carboxylic acids is 1. The molecule has 30 heavy (non-hydrogen) atoms. The molecule has 2 aromatic rings. The van der Waals surface area contributed by atoms with Gasteiger partial charge in [-0.05, 0) is 54.8 Å².